The second-order valence-corrected chi connectivity index (χ2v) is 6.31. The van der Waals surface area contributed by atoms with Gasteiger partial charge in [0.05, 0.1) is 25.3 Å². The molecule has 1 aliphatic heterocycles. The molecule has 0 saturated carbocycles. The number of rotatable bonds is 6. The van der Waals surface area contributed by atoms with Crippen LogP contribution in [0, 0.1) is 6.92 Å². The average molecular weight is 356 g/mol. The second-order valence-electron chi connectivity index (χ2n) is 6.31. The fraction of sp³-hybridized carbons (Fsp3) is 0.500. The van der Waals surface area contributed by atoms with Crippen LogP contribution in [0.3, 0.4) is 0 Å². The van der Waals surface area contributed by atoms with E-state index in [1.807, 2.05) is 17.9 Å². The molecule has 1 fully saturated rings. The van der Waals surface area contributed by atoms with Crippen LogP contribution in [0.5, 0.6) is 0 Å². The number of likely N-dealkylation sites (tertiary alicyclic amines) is 1. The molecule has 2 aromatic heterocycles. The topological polar surface area (TPSA) is 93.1 Å². The molecule has 0 radical (unpaired) electrons. The lowest BCUT2D eigenvalue weighted by molar-refractivity contribution is -0.136. The molecule has 0 aromatic carbocycles. The van der Waals surface area contributed by atoms with Crippen LogP contribution in [-0.4, -0.2) is 51.0 Å². The average Bonchev–Trinajstić information content (AvgIpc) is 2.66. The van der Waals surface area contributed by atoms with Crippen molar-refractivity contribution in [2.24, 2.45) is 0 Å². The van der Waals surface area contributed by atoms with E-state index in [-0.39, 0.29) is 11.9 Å². The first kappa shape index (κ1) is 18.2. The summed E-state index contributed by atoms with van der Waals surface area (Å²) in [5.74, 6) is 2.03. The quantitative estimate of drug-likeness (QED) is 0.849. The predicted octanol–water partition coefficient (Wildman–Crippen LogP) is 2.41. The Hall–Kier alpha value is -2.61. The number of piperidine rings is 1. The number of aromatic nitrogens is 4. The summed E-state index contributed by atoms with van der Waals surface area (Å²) in [4.78, 5) is 32.0. The van der Waals surface area contributed by atoms with Crippen molar-refractivity contribution >= 4 is 17.5 Å². The van der Waals surface area contributed by atoms with E-state index in [9.17, 15) is 4.79 Å². The van der Waals surface area contributed by atoms with Crippen molar-refractivity contribution in [3.63, 3.8) is 0 Å². The van der Waals surface area contributed by atoms with Gasteiger partial charge in [0.1, 0.15) is 11.6 Å². The molecule has 1 atom stereocenters. The molecule has 1 aliphatic rings. The van der Waals surface area contributed by atoms with Gasteiger partial charge in [0.2, 0.25) is 5.91 Å². The van der Waals surface area contributed by atoms with E-state index in [4.69, 9.17) is 4.74 Å². The summed E-state index contributed by atoms with van der Waals surface area (Å²) in [5.41, 5.74) is 0.844. The summed E-state index contributed by atoms with van der Waals surface area (Å²) in [6.07, 6.45) is 8.19. The number of aryl methyl sites for hydroxylation is 1. The van der Waals surface area contributed by atoms with Gasteiger partial charge in [-0.1, -0.05) is 0 Å². The molecule has 0 aliphatic carbocycles. The van der Waals surface area contributed by atoms with Crippen LogP contribution in [0.1, 0.15) is 43.2 Å². The third-order valence-corrected chi connectivity index (χ3v) is 4.33. The highest BCUT2D eigenvalue weighted by Crippen LogP contribution is 2.30. The zero-order chi connectivity index (χ0) is 18.4. The van der Waals surface area contributed by atoms with E-state index < -0.39 is 0 Å². The molecule has 0 bridgehead atoms. The van der Waals surface area contributed by atoms with Crippen molar-refractivity contribution in [1.82, 2.24) is 24.8 Å². The van der Waals surface area contributed by atoms with Crippen molar-refractivity contribution in [1.29, 1.82) is 0 Å². The van der Waals surface area contributed by atoms with Crippen LogP contribution in [-0.2, 0) is 9.53 Å². The molecule has 3 rings (SSSR count). The van der Waals surface area contributed by atoms with E-state index in [1.54, 1.807) is 25.7 Å². The van der Waals surface area contributed by atoms with E-state index >= 15 is 0 Å². The number of anilines is 2. The number of hydrogen-bond acceptors (Lipinski definition) is 7. The largest absolute Gasteiger partial charge is 0.384 e. The highest BCUT2D eigenvalue weighted by molar-refractivity contribution is 5.76. The van der Waals surface area contributed by atoms with Crippen LogP contribution in [0.15, 0.2) is 24.7 Å². The number of hydrogen-bond donors (Lipinski definition) is 1. The van der Waals surface area contributed by atoms with Gasteiger partial charge in [0.25, 0.3) is 0 Å². The van der Waals surface area contributed by atoms with Crippen LogP contribution >= 0.6 is 0 Å². The molecule has 138 valence electrons. The van der Waals surface area contributed by atoms with Crippen molar-refractivity contribution in [3.05, 3.63) is 36.2 Å². The Morgan fingerprint density at radius 3 is 2.96 bits per heavy atom. The second kappa shape index (κ2) is 8.66. The minimum absolute atomic E-state index is 0.0880. The first-order chi connectivity index (χ1) is 12.7. The summed E-state index contributed by atoms with van der Waals surface area (Å²) in [6.45, 7) is 3.08. The van der Waals surface area contributed by atoms with Crippen LogP contribution in [0.4, 0.5) is 11.6 Å². The highest BCUT2D eigenvalue weighted by Gasteiger charge is 2.30. The highest BCUT2D eigenvalue weighted by atomic mass is 16.5. The molecule has 1 N–H and O–H groups in total. The van der Waals surface area contributed by atoms with Gasteiger partial charge in [0.15, 0.2) is 5.82 Å². The van der Waals surface area contributed by atoms with Gasteiger partial charge < -0.3 is 15.0 Å². The molecule has 1 amide bonds. The lowest BCUT2D eigenvalue weighted by atomic mass is 10.0. The minimum Gasteiger partial charge on any atom is -0.384 e. The molecule has 1 saturated heterocycles. The van der Waals surface area contributed by atoms with E-state index in [0.29, 0.717) is 30.5 Å². The predicted molar refractivity (Wildman–Crippen MR) is 96.9 cm³/mol. The number of nitrogens with one attached hydrogen (secondary N) is 1. The lowest BCUT2D eigenvalue weighted by Gasteiger charge is -2.35. The fourth-order valence-electron chi connectivity index (χ4n) is 3.13. The Morgan fingerprint density at radius 1 is 1.31 bits per heavy atom. The molecule has 3 heterocycles. The molecule has 0 spiro atoms. The standard InChI is InChI=1S/C18H24N6O2/c1-13-11-15(22-16-12-19-7-8-20-16)23-18(21-13)14-5-3-4-9-24(14)17(25)6-10-26-2/h7-8,11-12,14H,3-6,9-10H2,1-2H3,(H,20,21,22,23)/t14-/m1/s1. The van der Waals surface area contributed by atoms with Gasteiger partial charge in [-0.2, -0.15) is 0 Å². The number of amides is 1. The number of carbonyl (C=O) groups is 1. The van der Waals surface area contributed by atoms with Crippen LogP contribution in [0.25, 0.3) is 0 Å². The Balaban J connectivity index is 1.83. The van der Waals surface area contributed by atoms with Crippen molar-refractivity contribution < 1.29 is 9.53 Å². The molecule has 8 nitrogen and oxygen atoms in total. The smallest absolute Gasteiger partial charge is 0.225 e. The summed E-state index contributed by atoms with van der Waals surface area (Å²) >= 11 is 0. The number of carbonyl (C=O) groups excluding carboxylic acids is 1. The number of methoxy groups -OCH3 is 1. The van der Waals surface area contributed by atoms with E-state index in [0.717, 1.165) is 31.5 Å². The van der Waals surface area contributed by atoms with Gasteiger partial charge in [-0.05, 0) is 26.2 Å². The third-order valence-electron chi connectivity index (χ3n) is 4.33. The van der Waals surface area contributed by atoms with Crippen molar-refractivity contribution in [3.8, 4) is 0 Å². The lowest BCUT2D eigenvalue weighted by Crippen LogP contribution is -2.39. The maximum absolute atomic E-state index is 12.6. The van der Waals surface area contributed by atoms with Gasteiger partial charge in [-0.3, -0.25) is 9.78 Å². The van der Waals surface area contributed by atoms with Gasteiger partial charge in [-0.15, -0.1) is 0 Å². The van der Waals surface area contributed by atoms with E-state index in [1.165, 1.54) is 0 Å². The molecule has 8 heteroatoms. The SMILES string of the molecule is COCCC(=O)N1CCCC[C@@H]1c1nc(C)cc(Nc2cnccn2)n1. The molecule has 26 heavy (non-hydrogen) atoms. The molecular weight excluding hydrogens is 332 g/mol. The maximum atomic E-state index is 12.6. The summed E-state index contributed by atoms with van der Waals surface area (Å²) < 4.78 is 5.05. The fourth-order valence-corrected chi connectivity index (χ4v) is 3.13. The number of nitrogens with zero attached hydrogens (tertiary/aromatic N) is 5. The molecular formula is C18H24N6O2. The van der Waals surface area contributed by atoms with Gasteiger partial charge in [-0.25, -0.2) is 15.0 Å². The normalized spacial score (nSPS) is 17.2. The minimum atomic E-state index is -0.101. The van der Waals surface area contributed by atoms with Crippen molar-refractivity contribution in [2.45, 2.75) is 38.6 Å². The Morgan fingerprint density at radius 2 is 2.19 bits per heavy atom. The van der Waals surface area contributed by atoms with Crippen LogP contribution < -0.4 is 5.32 Å². The summed E-state index contributed by atoms with van der Waals surface area (Å²) in [7, 11) is 1.61. The first-order valence-electron chi connectivity index (χ1n) is 8.84. The monoisotopic (exact) mass is 356 g/mol. The summed E-state index contributed by atoms with van der Waals surface area (Å²) in [5, 5.41) is 3.15. The zero-order valence-electron chi connectivity index (χ0n) is 15.2. The third kappa shape index (κ3) is 4.51. The maximum Gasteiger partial charge on any atom is 0.225 e. The zero-order valence-corrected chi connectivity index (χ0v) is 15.2. The van der Waals surface area contributed by atoms with Gasteiger partial charge >= 0.3 is 0 Å². The summed E-state index contributed by atoms with van der Waals surface area (Å²) in [6, 6.07) is 1.76. The van der Waals surface area contributed by atoms with E-state index in [2.05, 4.69) is 25.3 Å². The Labute approximate surface area is 153 Å². The molecule has 2 aromatic rings. The van der Waals surface area contributed by atoms with Crippen molar-refractivity contribution in [2.75, 3.05) is 25.6 Å². The Bertz CT molecular complexity index is 740. The van der Waals surface area contributed by atoms with Gasteiger partial charge in [0, 0.05) is 37.8 Å². The first-order valence-corrected chi connectivity index (χ1v) is 8.84. The Kier molecular flexibility index (Phi) is 6.06. The number of ether oxygens (including phenoxy) is 1. The van der Waals surface area contributed by atoms with Crippen LogP contribution in [0.2, 0.25) is 0 Å². The molecule has 0 unspecified atom stereocenters.